The monoisotopic (exact) mass is 372 g/mol. The lowest BCUT2D eigenvalue weighted by Crippen LogP contribution is -2.66. The Labute approximate surface area is 131 Å². The summed E-state index contributed by atoms with van der Waals surface area (Å²) in [7, 11) is 0. The molecule has 0 radical (unpaired) electrons. The van der Waals surface area contributed by atoms with E-state index in [4.69, 9.17) is 0 Å². The summed E-state index contributed by atoms with van der Waals surface area (Å²) in [6.45, 7) is 12.5. The minimum Gasteiger partial charge on any atom is -0.309 e. The largest absolute Gasteiger partial charge is 0.309 e. The molecule has 0 aromatic heterocycles. The number of nitrogens with one attached hydrogen (secondary N) is 1. The Morgan fingerprint density at radius 2 is 1.84 bits per heavy atom. The van der Waals surface area contributed by atoms with Gasteiger partial charge in [0.25, 0.3) is 0 Å². The zero-order valence-corrected chi connectivity index (χ0v) is 14.6. The molecule has 0 amide bonds. The van der Waals surface area contributed by atoms with Crippen LogP contribution in [0.25, 0.3) is 0 Å². The van der Waals surface area contributed by atoms with Crippen LogP contribution < -0.4 is 5.32 Å². The molecule has 1 heterocycles. The van der Waals surface area contributed by atoms with Crippen molar-refractivity contribution in [3.05, 3.63) is 33.4 Å². The van der Waals surface area contributed by atoms with Crippen LogP contribution in [-0.2, 0) is 6.54 Å². The number of halogens is 1. The fraction of sp³-hybridized carbons (Fsp3) is 0.625. The summed E-state index contributed by atoms with van der Waals surface area (Å²) in [5, 5.41) is 3.68. The molecule has 106 valence electrons. The van der Waals surface area contributed by atoms with Gasteiger partial charge in [-0.15, -0.1) is 0 Å². The predicted molar refractivity (Wildman–Crippen MR) is 90.3 cm³/mol. The van der Waals surface area contributed by atoms with Gasteiger partial charge in [-0.2, -0.15) is 0 Å². The first kappa shape index (κ1) is 15.3. The summed E-state index contributed by atoms with van der Waals surface area (Å²) in [4.78, 5) is 2.64. The summed E-state index contributed by atoms with van der Waals surface area (Å²) in [6.07, 6.45) is 1.18. The van der Waals surface area contributed by atoms with Crippen LogP contribution in [0.4, 0.5) is 0 Å². The van der Waals surface area contributed by atoms with Gasteiger partial charge in [-0.25, -0.2) is 0 Å². The minimum atomic E-state index is 0.206. The van der Waals surface area contributed by atoms with Crippen LogP contribution in [0.2, 0.25) is 0 Å². The molecule has 1 aromatic carbocycles. The van der Waals surface area contributed by atoms with Crippen molar-refractivity contribution in [3.63, 3.8) is 0 Å². The average Bonchev–Trinajstić information content (AvgIpc) is 2.37. The third kappa shape index (κ3) is 3.70. The highest BCUT2D eigenvalue weighted by atomic mass is 127. The Balaban J connectivity index is 2.16. The third-order valence-corrected chi connectivity index (χ3v) is 5.06. The molecule has 1 fully saturated rings. The number of hydrogen-bond acceptors (Lipinski definition) is 2. The Bertz CT molecular complexity index is 427. The summed E-state index contributed by atoms with van der Waals surface area (Å²) < 4.78 is 1.31. The van der Waals surface area contributed by atoms with Gasteiger partial charge in [-0.1, -0.05) is 19.1 Å². The van der Waals surface area contributed by atoms with Crippen LogP contribution in [-0.4, -0.2) is 29.1 Å². The van der Waals surface area contributed by atoms with Crippen LogP contribution in [0.15, 0.2) is 24.3 Å². The highest BCUT2D eigenvalue weighted by Gasteiger charge is 2.39. The van der Waals surface area contributed by atoms with Gasteiger partial charge >= 0.3 is 0 Å². The molecule has 2 rings (SSSR count). The number of nitrogens with zero attached hydrogens (tertiary/aromatic N) is 1. The molecule has 1 aliphatic rings. The van der Waals surface area contributed by atoms with Crippen LogP contribution in [0.1, 0.15) is 39.7 Å². The molecule has 1 saturated heterocycles. The lowest BCUT2D eigenvalue weighted by Gasteiger charge is -2.51. The van der Waals surface area contributed by atoms with E-state index in [0.717, 1.165) is 19.6 Å². The SMILES string of the molecule is CCC1(C)CNC(C)(C)CN1Cc1ccc(I)cc1. The van der Waals surface area contributed by atoms with Crippen molar-refractivity contribution in [2.75, 3.05) is 13.1 Å². The fourth-order valence-corrected chi connectivity index (χ4v) is 3.03. The molecule has 2 nitrogen and oxygen atoms in total. The first-order valence-corrected chi connectivity index (χ1v) is 8.17. The molecule has 3 heteroatoms. The van der Waals surface area contributed by atoms with Gasteiger partial charge < -0.3 is 5.32 Å². The first-order chi connectivity index (χ1) is 8.85. The Kier molecular flexibility index (Phi) is 4.58. The minimum absolute atomic E-state index is 0.206. The quantitative estimate of drug-likeness (QED) is 0.815. The first-order valence-electron chi connectivity index (χ1n) is 7.09. The summed E-state index contributed by atoms with van der Waals surface area (Å²) >= 11 is 2.36. The number of piperazine rings is 1. The molecule has 1 aliphatic heterocycles. The Hall–Kier alpha value is -0.130. The standard InChI is InChI=1S/C16H25IN2/c1-5-16(4)11-18-15(2,3)12-19(16)10-13-6-8-14(17)9-7-13/h6-9,18H,5,10-12H2,1-4H3. The van der Waals surface area contributed by atoms with Crippen molar-refractivity contribution in [2.45, 2.75) is 51.7 Å². The number of benzene rings is 1. The maximum atomic E-state index is 3.68. The van der Waals surface area contributed by atoms with E-state index >= 15 is 0 Å². The van der Waals surface area contributed by atoms with Gasteiger partial charge in [0.15, 0.2) is 0 Å². The highest BCUT2D eigenvalue weighted by Crippen LogP contribution is 2.28. The van der Waals surface area contributed by atoms with Crippen LogP contribution in [0, 0.1) is 3.57 Å². The second-order valence-corrected chi connectivity index (χ2v) is 7.82. The summed E-state index contributed by atoms with van der Waals surface area (Å²) in [5.41, 5.74) is 1.88. The van der Waals surface area contributed by atoms with E-state index in [1.54, 1.807) is 0 Å². The smallest absolute Gasteiger partial charge is 0.0307 e. The lowest BCUT2D eigenvalue weighted by atomic mass is 9.87. The third-order valence-electron chi connectivity index (χ3n) is 4.35. The lowest BCUT2D eigenvalue weighted by molar-refractivity contribution is 0.0175. The molecule has 0 saturated carbocycles. The molecular weight excluding hydrogens is 347 g/mol. The van der Waals surface area contributed by atoms with E-state index in [9.17, 15) is 0 Å². The van der Waals surface area contributed by atoms with Crippen molar-refractivity contribution < 1.29 is 0 Å². The Morgan fingerprint density at radius 1 is 1.21 bits per heavy atom. The van der Waals surface area contributed by atoms with Crippen molar-refractivity contribution >= 4 is 22.6 Å². The highest BCUT2D eigenvalue weighted by molar-refractivity contribution is 14.1. The van der Waals surface area contributed by atoms with Gasteiger partial charge in [-0.3, -0.25) is 4.90 Å². The van der Waals surface area contributed by atoms with Gasteiger partial charge in [-0.05, 0) is 67.5 Å². The molecule has 1 atom stereocenters. The number of rotatable bonds is 3. The molecule has 19 heavy (non-hydrogen) atoms. The van der Waals surface area contributed by atoms with E-state index in [1.165, 1.54) is 15.6 Å². The molecular formula is C16H25IN2. The molecule has 0 aliphatic carbocycles. The second kappa shape index (κ2) is 5.70. The van der Waals surface area contributed by atoms with Crippen LogP contribution in [0.3, 0.4) is 0 Å². The van der Waals surface area contributed by atoms with Crippen LogP contribution in [0.5, 0.6) is 0 Å². The summed E-state index contributed by atoms with van der Waals surface area (Å²) in [6, 6.07) is 8.92. The maximum absolute atomic E-state index is 3.68. The average molecular weight is 372 g/mol. The van der Waals surface area contributed by atoms with Crippen LogP contribution >= 0.6 is 22.6 Å². The van der Waals surface area contributed by atoms with Crippen molar-refractivity contribution in [2.24, 2.45) is 0 Å². The van der Waals surface area contributed by atoms with Gasteiger partial charge in [0.05, 0.1) is 0 Å². The van der Waals surface area contributed by atoms with Gasteiger partial charge in [0.2, 0.25) is 0 Å². The summed E-state index contributed by atoms with van der Waals surface area (Å²) in [5.74, 6) is 0. The predicted octanol–water partition coefficient (Wildman–Crippen LogP) is 3.64. The molecule has 1 N–H and O–H groups in total. The van der Waals surface area contributed by atoms with Crippen molar-refractivity contribution in [3.8, 4) is 0 Å². The van der Waals surface area contributed by atoms with Gasteiger partial charge in [0, 0.05) is 34.3 Å². The number of hydrogen-bond donors (Lipinski definition) is 1. The second-order valence-electron chi connectivity index (χ2n) is 6.57. The van der Waals surface area contributed by atoms with Crippen molar-refractivity contribution in [1.82, 2.24) is 10.2 Å². The molecule has 0 bridgehead atoms. The van der Waals surface area contributed by atoms with E-state index < -0.39 is 0 Å². The maximum Gasteiger partial charge on any atom is 0.0307 e. The molecule has 1 unspecified atom stereocenters. The topological polar surface area (TPSA) is 15.3 Å². The fourth-order valence-electron chi connectivity index (χ4n) is 2.67. The van der Waals surface area contributed by atoms with E-state index in [-0.39, 0.29) is 11.1 Å². The zero-order chi connectivity index (χ0) is 14.1. The van der Waals surface area contributed by atoms with E-state index in [1.807, 2.05) is 0 Å². The Morgan fingerprint density at radius 3 is 2.42 bits per heavy atom. The van der Waals surface area contributed by atoms with Crippen molar-refractivity contribution in [1.29, 1.82) is 0 Å². The normalized spacial score (nSPS) is 27.4. The van der Waals surface area contributed by atoms with E-state index in [0.29, 0.717) is 0 Å². The van der Waals surface area contributed by atoms with E-state index in [2.05, 4.69) is 84.8 Å². The molecule has 0 spiro atoms. The van der Waals surface area contributed by atoms with Gasteiger partial charge in [0.1, 0.15) is 0 Å². The zero-order valence-electron chi connectivity index (χ0n) is 12.5. The molecule has 1 aromatic rings.